The van der Waals surface area contributed by atoms with E-state index in [0.29, 0.717) is 35.0 Å². The first-order valence-electron chi connectivity index (χ1n) is 9.47. The molecular weight excluding hydrogens is 431 g/mol. The van der Waals surface area contributed by atoms with Crippen LogP contribution in [-0.4, -0.2) is 31.7 Å². The number of piperidine rings is 1. The zero-order valence-corrected chi connectivity index (χ0v) is 18.7. The van der Waals surface area contributed by atoms with Crippen LogP contribution >= 0.6 is 23.2 Å². The van der Waals surface area contributed by atoms with Gasteiger partial charge in [0.25, 0.3) is 0 Å². The fraction of sp³-hybridized carbons (Fsp3) is 0.381. The second kappa shape index (κ2) is 9.04. The Bertz CT molecular complexity index is 1000. The zero-order valence-electron chi connectivity index (χ0n) is 16.4. The molecule has 29 heavy (non-hydrogen) atoms. The molecule has 1 saturated heterocycles. The van der Waals surface area contributed by atoms with Crippen molar-refractivity contribution in [2.45, 2.75) is 32.4 Å². The van der Waals surface area contributed by atoms with Gasteiger partial charge in [-0.15, -0.1) is 0 Å². The van der Waals surface area contributed by atoms with Crippen LogP contribution in [0.2, 0.25) is 10.0 Å². The minimum atomic E-state index is -3.65. The summed E-state index contributed by atoms with van der Waals surface area (Å²) in [6.45, 7) is 4.48. The van der Waals surface area contributed by atoms with Gasteiger partial charge in [-0.1, -0.05) is 41.4 Å². The predicted octanol–water partition coefficient (Wildman–Crippen LogP) is 4.79. The number of hydrogen-bond donors (Lipinski definition) is 1. The van der Waals surface area contributed by atoms with E-state index in [2.05, 4.69) is 5.32 Å². The number of sulfonamides is 1. The first-order valence-corrected chi connectivity index (χ1v) is 11.8. The largest absolute Gasteiger partial charge is 0.326 e. The monoisotopic (exact) mass is 454 g/mol. The summed E-state index contributed by atoms with van der Waals surface area (Å²) in [6, 6.07) is 10.7. The van der Waals surface area contributed by atoms with Gasteiger partial charge in [0.05, 0.1) is 11.7 Å². The molecule has 1 fully saturated rings. The average molecular weight is 455 g/mol. The van der Waals surface area contributed by atoms with Crippen molar-refractivity contribution in [1.82, 2.24) is 4.31 Å². The van der Waals surface area contributed by atoms with Gasteiger partial charge in [0.15, 0.2) is 0 Å². The maximum atomic E-state index is 13.0. The van der Waals surface area contributed by atoms with Crippen LogP contribution in [0.5, 0.6) is 0 Å². The van der Waals surface area contributed by atoms with Crippen LogP contribution < -0.4 is 5.32 Å². The highest BCUT2D eigenvalue weighted by Crippen LogP contribution is 2.29. The van der Waals surface area contributed by atoms with E-state index in [-0.39, 0.29) is 18.2 Å². The van der Waals surface area contributed by atoms with Crippen molar-refractivity contribution in [3.8, 4) is 0 Å². The Kier molecular flexibility index (Phi) is 6.89. The Morgan fingerprint density at radius 2 is 1.79 bits per heavy atom. The molecule has 8 heteroatoms. The lowest BCUT2D eigenvalue weighted by atomic mass is 9.98. The first-order chi connectivity index (χ1) is 13.7. The van der Waals surface area contributed by atoms with E-state index < -0.39 is 15.9 Å². The lowest BCUT2D eigenvalue weighted by Crippen LogP contribution is -2.44. The molecule has 1 amide bonds. The van der Waals surface area contributed by atoms with Crippen LogP contribution in [0.15, 0.2) is 36.4 Å². The van der Waals surface area contributed by atoms with E-state index in [1.165, 1.54) is 4.31 Å². The molecule has 0 saturated carbocycles. The zero-order chi connectivity index (χ0) is 21.2. The normalized spacial score (nSPS) is 17.9. The molecule has 0 aromatic heterocycles. The number of hydrogen-bond acceptors (Lipinski definition) is 3. The van der Waals surface area contributed by atoms with E-state index in [9.17, 15) is 13.2 Å². The van der Waals surface area contributed by atoms with Crippen molar-refractivity contribution < 1.29 is 13.2 Å². The minimum absolute atomic E-state index is 0.154. The Labute approximate surface area is 182 Å². The topological polar surface area (TPSA) is 66.5 Å². The standard InChI is InChI=1S/C21H24Cl2N2O3S/c1-14-6-3-10-20(15(14)2)24-21(26)16-7-5-11-25(12-16)29(27,28)13-17-18(22)8-4-9-19(17)23/h3-4,6,8-10,16H,5,7,11-13H2,1-2H3,(H,24,26)/t16-/m1/s1. The summed E-state index contributed by atoms with van der Waals surface area (Å²) < 4.78 is 27.3. The van der Waals surface area contributed by atoms with Crippen LogP contribution in [0.4, 0.5) is 5.69 Å². The van der Waals surface area contributed by atoms with Gasteiger partial charge in [-0.25, -0.2) is 12.7 Å². The number of nitrogens with one attached hydrogen (secondary N) is 1. The molecule has 1 aliphatic rings. The molecule has 1 aliphatic heterocycles. The summed E-state index contributed by atoms with van der Waals surface area (Å²) in [6.07, 6.45) is 1.27. The molecule has 0 bridgehead atoms. The molecule has 5 nitrogen and oxygen atoms in total. The fourth-order valence-corrected chi connectivity index (χ4v) is 5.84. The number of rotatable bonds is 5. The summed E-state index contributed by atoms with van der Waals surface area (Å²) in [7, 11) is -3.65. The first kappa shape index (κ1) is 22.1. The molecule has 3 rings (SSSR count). The van der Waals surface area contributed by atoms with Gasteiger partial charge in [-0.3, -0.25) is 4.79 Å². The molecule has 0 spiro atoms. The maximum absolute atomic E-state index is 13.0. The van der Waals surface area contributed by atoms with E-state index in [4.69, 9.17) is 23.2 Å². The number of nitrogens with zero attached hydrogens (tertiary/aromatic N) is 1. The van der Waals surface area contributed by atoms with Crippen molar-refractivity contribution >= 4 is 44.8 Å². The SMILES string of the molecule is Cc1cccc(NC(=O)[C@@H]2CCCN(S(=O)(=O)Cc3c(Cl)cccc3Cl)C2)c1C. The van der Waals surface area contributed by atoms with Crippen LogP contribution in [0.1, 0.15) is 29.5 Å². The summed E-state index contributed by atoms with van der Waals surface area (Å²) in [4.78, 5) is 12.8. The Morgan fingerprint density at radius 3 is 2.48 bits per heavy atom. The Balaban J connectivity index is 1.72. The number of halogens is 2. The van der Waals surface area contributed by atoms with Gasteiger partial charge >= 0.3 is 0 Å². The summed E-state index contributed by atoms with van der Waals surface area (Å²) in [5.74, 6) is -0.842. The van der Waals surface area contributed by atoms with E-state index in [0.717, 1.165) is 16.8 Å². The summed E-state index contributed by atoms with van der Waals surface area (Å²) >= 11 is 12.3. The number of carbonyl (C=O) groups is 1. The quantitative estimate of drug-likeness (QED) is 0.705. The highest BCUT2D eigenvalue weighted by Gasteiger charge is 2.33. The highest BCUT2D eigenvalue weighted by molar-refractivity contribution is 7.88. The van der Waals surface area contributed by atoms with Crippen molar-refractivity contribution in [2.75, 3.05) is 18.4 Å². The van der Waals surface area contributed by atoms with Gasteiger partial charge in [-0.05, 0) is 56.0 Å². The van der Waals surface area contributed by atoms with E-state index in [1.54, 1.807) is 18.2 Å². The molecule has 156 valence electrons. The lowest BCUT2D eigenvalue weighted by molar-refractivity contribution is -0.120. The number of anilines is 1. The third-order valence-electron chi connectivity index (χ3n) is 5.40. The third-order valence-corrected chi connectivity index (χ3v) is 7.88. The summed E-state index contributed by atoms with van der Waals surface area (Å²) in [5.41, 5.74) is 3.25. The van der Waals surface area contributed by atoms with Crippen LogP contribution in [-0.2, 0) is 20.6 Å². The average Bonchev–Trinajstić information content (AvgIpc) is 2.68. The van der Waals surface area contributed by atoms with Crippen molar-refractivity contribution in [1.29, 1.82) is 0 Å². The second-order valence-electron chi connectivity index (χ2n) is 7.39. The molecule has 1 heterocycles. The minimum Gasteiger partial charge on any atom is -0.326 e. The molecule has 0 radical (unpaired) electrons. The number of amides is 1. The number of benzene rings is 2. The van der Waals surface area contributed by atoms with Crippen LogP contribution in [0.3, 0.4) is 0 Å². The Hall–Kier alpha value is -1.60. The van der Waals surface area contributed by atoms with E-state index in [1.807, 2.05) is 32.0 Å². The third kappa shape index (κ3) is 5.12. The second-order valence-corrected chi connectivity index (χ2v) is 10.2. The highest BCUT2D eigenvalue weighted by atomic mass is 35.5. The van der Waals surface area contributed by atoms with Gasteiger partial charge in [0.1, 0.15) is 0 Å². The predicted molar refractivity (Wildman–Crippen MR) is 118 cm³/mol. The van der Waals surface area contributed by atoms with Crippen molar-refractivity contribution in [3.63, 3.8) is 0 Å². The molecule has 0 aliphatic carbocycles. The van der Waals surface area contributed by atoms with Crippen molar-refractivity contribution in [2.24, 2.45) is 5.92 Å². The number of carbonyl (C=O) groups excluding carboxylic acids is 1. The smallest absolute Gasteiger partial charge is 0.228 e. The molecule has 1 N–H and O–H groups in total. The Morgan fingerprint density at radius 1 is 1.14 bits per heavy atom. The molecule has 0 unspecified atom stereocenters. The molecular formula is C21H24Cl2N2O3S. The van der Waals surface area contributed by atoms with Gasteiger partial charge in [0.2, 0.25) is 15.9 Å². The van der Waals surface area contributed by atoms with Crippen molar-refractivity contribution in [3.05, 3.63) is 63.1 Å². The lowest BCUT2D eigenvalue weighted by Gasteiger charge is -2.31. The maximum Gasteiger partial charge on any atom is 0.228 e. The van der Waals surface area contributed by atoms with Crippen LogP contribution in [0.25, 0.3) is 0 Å². The van der Waals surface area contributed by atoms with Gasteiger partial charge in [0, 0.05) is 34.4 Å². The molecule has 2 aromatic rings. The number of aryl methyl sites for hydroxylation is 1. The summed E-state index contributed by atoms with van der Waals surface area (Å²) in [5, 5.41) is 3.60. The van der Waals surface area contributed by atoms with Crippen LogP contribution in [0, 0.1) is 19.8 Å². The van der Waals surface area contributed by atoms with Gasteiger partial charge < -0.3 is 5.32 Å². The fourth-order valence-electron chi connectivity index (χ4n) is 3.47. The van der Waals surface area contributed by atoms with E-state index >= 15 is 0 Å². The van der Waals surface area contributed by atoms with Gasteiger partial charge in [-0.2, -0.15) is 0 Å². The molecule has 1 atom stereocenters. The molecule has 2 aromatic carbocycles.